The molecule has 4 atom stereocenters. The summed E-state index contributed by atoms with van der Waals surface area (Å²) in [5.74, 6) is -3.64. The van der Waals surface area contributed by atoms with Gasteiger partial charge in [-0.1, -0.05) is 44.2 Å². The van der Waals surface area contributed by atoms with Gasteiger partial charge in [-0.15, -0.1) is 0 Å². The lowest BCUT2D eigenvalue weighted by atomic mass is 10.0. The van der Waals surface area contributed by atoms with Crippen LogP contribution >= 0.6 is 0 Å². The van der Waals surface area contributed by atoms with Crippen LogP contribution in [-0.4, -0.2) is 96.2 Å². The number of amides is 6. The predicted octanol–water partition coefficient (Wildman–Crippen LogP) is 0.320. The molecule has 3 rings (SSSR count). The average Bonchev–Trinajstić information content (AvgIpc) is 3.04. The number of hydrogen-bond donors (Lipinski definition) is 5. The second-order valence-electron chi connectivity index (χ2n) is 11.7. The van der Waals surface area contributed by atoms with Gasteiger partial charge in [0.2, 0.25) is 35.4 Å². The van der Waals surface area contributed by atoms with Gasteiger partial charge in [0.1, 0.15) is 29.7 Å². The smallest absolute Gasteiger partial charge is 0.257 e. The molecule has 14 heteroatoms. The van der Waals surface area contributed by atoms with Gasteiger partial charge in [-0.3, -0.25) is 28.8 Å². The van der Waals surface area contributed by atoms with Crippen molar-refractivity contribution in [1.82, 2.24) is 36.5 Å². The molecule has 1 aliphatic rings. The van der Waals surface area contributed by atoms with E-state index in [9.17, 15) is 28.8 Å². The van der Waals surface area contributed by atoms with Crippen molar-refractivity contribution in [2.75, 3.05) is 26.7 Å². The maximum Gasteiger partial charge on any atom is 0.257 e. The lowest BCUT2D eigenvalue weighted by Crippen LogP contribution is -2.59. The molecule has 1 aromatic carbocycles. The summed E-state index contributed by atoms with van der Waals surface area (Å²) in [6.45, 7) is 6.84. The van der Waals surface area contributed by atoms with Gasteiger partial charge in [0.05, 0.1) is 13.2 Å². The SMILES string of the molecule is CCOc1ncccc1C(=O)N[C@H]1CCCNC(=O)CN(C)C(=O)[C@H](Cc2ccccc2)NC(=O)[C@@H](C)NC(=O)[C@@H](C(C)C)NC1=O. The Labute approximate surface area is 274 Å². The number of benzene rings is 1. The zero-order valence-corrected chi connectivity index (χ0v) is 27.5. The molecule has 6 amide bonds. The van der Waals surface area contributed by atoms with Crippen LogP contribution in [0.15, 0.2) is 48.7 Å². The molecule has 1 aromatic heterocycles. The predicted molar refractivity (Wildman–Crippen MR) is 173 cm³/mol. The van der Waals surface area contributed by atoms with Crippen molar-refractivity contribution in [2.45, 2.75) is 71.1 Å². The van der Waals surface area contributed by atoms with Crippen molar-refractivity contribution in [3.8, 4) is 5.88 Å². The van der Waals surface area contributed by atoms with Crippen LogP contribution in [0.5, 0.6) is 5.88 Å². The molecule has 0 spiro atoms. The Morgan fingerprint density at radius 2 is 1.72 bits per heavy atom. The van der Waals surface area contributed by atoms with Gasteiger partial charge in [-0.05, 0) is 50.3 Å². The van der Waals surface area contributed by atoms with Crippen molar-refractivity contribution in [3.63, 3.8) is 0 Å². The third-order valence-electron chi connectivity index (χ3n) is 7.56. The van der Waals surface area contributed by atoms with Crippen molar-refractivity contribution in [1.29, 1.82) is 0 Å². The molecule has 2 heterocycles. The molecule has 5 N–H and O–H groups in total. The number of nitrogens with zero attached hydrogens (tertiary/aromatic N) is 2. The third kappa shape index (κ3) is 10.8. The first-order valence-corrected chi connectivity index (χ1v) is 15.8. The lowest BCUT2D eigenvalue weighted by Gasteiger charge is -2.28. The minimum absolute atomic E-state index is 0.108. The molecule has 0 radical (unpaired) electrons. The van der Waals surface area contributed by atoms with Gasteiger partial charge in [0.15, 0.2) is 0 Å². The van der Waals surface area contributed by atoms with Crippen LogP contribution in [0.1, 0.15) is 56.5 Å². The fraction of sp³-hybridized carbons (Fsp3) is 0.485. The fourth-order valence-electron chi connectivity index (χ4n) is 4.97. The van der Waals surface area contributed by atoms with Crippen molar-refractivity contribution in [2.24, 2.45) is 5.92 Å². The Morgan fingerprint density at radius 3 is 2.40 bits per heavy atom. The second-order valence-corrected chi connectivity index (χ2v) is 11.7. The molecule has 0 unspecified atom stereocenters. The second kappa shape index (κ2) is 17.6. The van der Waals surface area contributed by atoms with Crippen molar-refractivity contribution in [3.05, 3.63) is 59.8 Å². The summed E-state index contributed by atoms with van der Waals surface area (Å²) < 4.78 is 5.46. The van der Waals surface area contributed by atoms with E-state index >= 15 is 0 Å². The number of aromatic nitrogens is 1. The number of nitrogens with one attached hydrogen (secondary N) is 5. The van der Waals surface area contributed by atoms with Crippen LogP contribution in [0, 0.1) is 5.92 Å². The summed E-state index contributed by atoms with van der Waals surface area (Å²) in [7, 11) is 1.47. The van der Waals surface area contributed by atoms with E-state index in [0.29, 0.717) is 0 Å². The van der Waals surface area contributed by atoms with Crippen LogP contribution in [0.25, 0.3) is 0 Å². The number of ether oxygens (including phenoxy) is 1. The normalized spacial score (nSPS) is 22.3. The first kappa shape index (κ1) is 36.5. The summed E-state index contributed by atoms with van der Waals surface area (Å²) in [5.41, 5.74) is 0.927. The zero-order chi connectivity index (χ0) is 34.5. The van der Waals surface area contributed by atoms with Gasteiger partial charge < -0.3 is 36.2 Å². The number of hydrogen-bond acceptors (Lipinski definition) is 8. The molecule has 0 bridgehead atoms. The number of carbonyl (C=O) groups is 6. The van der Waals surface area contributed by atoms with Gasteiger partial charge in [0.25, 0.3) is 5.91 Å². The number of pyridine rings is 1. The third-order valence-corrected chi connectivity index (χ3v) is 7.56. The van der Waals surface area contributed by atoms with E-state index in [1.807, 2.05) is 30.3 Å². The minimum atomic E-state index is -1.09. The number of carbonyl (C=O) groups excluding carboxylic acids is 6. The maximum atomic E-state index is 13.6. The summed E-state index contributed by atoms with van der Waals surface area (Å²) in [6.07, 6.45) is 2.05. The highest BCUT2D eigenvalue weighted by atomic mass is 16.5. The Bertz CT molecular complexity index is 1420. The molecule has 0 saturated carbocycles. The molecule has 1 saturated heterocycles. The summed E-state index contributed by atoms with van der Waals surface area (Å²) in [6, 6.07) is 7.97. The quantitative estimate of drug-likeness (QED) is 0.283. The van der Waals surface area contributed by atoms with E-state index in [1.54, 1.807) is 26.8 Å². The number of rotatable bonds is 7. The van der Waals surface area contributed by atoms with Gasteiger partial charge >= 0.3 is 0 Å². The summed E-state index contributed by atoms with van der Waals surface area (Å²) in [5, 5.41) is 13.5. The van der Waals surface area contributed by atoms with Crippen LogP contribution in [0.3, 0.4) is 0 Å². The van der Waals surface area contributed by atoms with Crippen molar-refractivity contribution < 1.29 is 33.5 Å². The molecule has 1 aliphatic heterocycles. The molecule has 254 valence electrons. The summed E-state index contributed by atoms with van der Waals surface area (Å²) >= 11 is 0. The first-order chi connectivity index (χ1) is 22.4. The van der Waals surface area contributed by atoms with E-state index in [2.05, 4.69) is 31.6 Å². The Kier molecular flexibility index (Phi) is 13.7. The highest BCUT2D eigenvalue weighted by molar-refractivity contribution is 6.00. The Hall–Kier alpha value is -5.01. The molecule has 2 aromatic rings. The molecule has 14 nitrogen and oxygen atoms in total. The van der Waals surface area contributed by atoms with Gasteiger partial charge in [0, 0.05) is 26.2 Å². The fourth-order valence-corrected chi connectivity index (χ4v) is 4.97. The van der Waals surface area contributed by atoms with E-state index in [-0.39, 0.29) is 56.3 Å². The topological polar surface area (TPSA) is 188 Å². The first-order valence-electron chi connectivity index (χ1n) is 15.8. The monoisotopic (exact) mass is 651 g/mol. The van der Waals surface area contributed by atoms with Crippen molar-refractivity contribution >= 4 is 35.4 Å². The molecule has 0 aliphatic carbocycles. The number of likely N-dealkylation sites (N-methyl/N-ethyl adjacent to an activating group) is 1. The average molecular weight is 652 g/mol. The van der Waals surface area contributed by atoms with Crippen LogP contribution in [-0.2, 0) is 30.4 Å². The van der Waals surface area contributed by atoms with E-state index in [4.69, 9.17) is 4.74 Å². The molecular formula is C33H45N7O7. The van der Waals surface area contributed by atoms with Crippen LogP contribution in [0.2, 0.25) is 0 Å². The Morgan fingerprint density at radius 1 is 1.00 bits per heavy atom. The minimum Gasteiger partial charge on any atom is -0.477 e. The standard InChI is InChI=1S/C33H45N7O7/c1-6-47-32-23(14-10-17-35-32)29(43)37-24-15-11-16-34-26(41)19-40(5)33(46)25(18-22-12-8-7-9-13-22)38-28(42)21(4)36-31(45)27(20(2)3)39-30(24)44/h7-10,12-14,17,20-21,24-25,27H,6,11,15-16,18-19H2,1-5H3,(H,34,41)(H,36,45)(H,37,43)(H,38,42)(H,39,44)/t21-,24+,25+,27-/m1/s1. The largest absolute Gasteiger partial charge is 0.477 e. The zero-order valence-electron chi connectivity index (χ0n) is 27.5. The Balaban J connectivity index is 1.86. The maximum absolute atomic E-state index is 13.6. The lowest BCUT2D eigenvalue weighted by molar-refractivity contribution is -0.139. The van der Waals surface area contributed by atoms with Gasteiger partial charge in [-0.25, -0.2) is 4.98 Å². The van der Waals surface area contributed by atoms with Crippen LogP contribution in [0.4, 0.5) is 0 Å². The van der Waals surface area contributed by atoms with E-state index < -0.39 is 59.6 Å². The van der Waals surface area contributed by atoms with Gasteiger partial charge in [-0.2, -0.15) is 0 Å². The highest BCUT2D eigenvalue weighted by Gasteiger charge is 2.33. The van der Waals surface area contributed by atoms with E-state index in [1.165, 1.54) is 31.1 Å². The molecule has 47 heavy (non-hydrogen) atoms. The van der Waals surface area contributed by atoms with E-state index in [0.717, 1.165) is 5.56 Å². The highest BCUT2D eigenvalue weighted by Crippen LogP contribution is 2.15. The van der Waals surface area contributed by atoms with Crippen LogP contribution < -0.4 is 31.3 Å². The molecular weight excluding hydrogens is 606 g/mol. The summed E-state index contributed by atoms with van der Waals surface area (Å²) in [4.78, 5) is 85.1. The molecule has 1 fully saturated rings.